The Kier molecular flexibility index (Phi) is 6.94. The zero-order valence-corrected chi connectivity index (χ0v) is 16.0. The molecule has 0 saturated carbocycles. The highest BCUT2D eigenvalue weighted by molar-refractivity contribution is 9.10. The summed E-state index contributed by atoms with van der Waals surface area (Å²) < 4.78 is -1.80. The maximum absolute atomic E-state index is 6.25. The van der Waals surface area contributed by atoms with Gasteiger partial charge in [-0.1, -0.05) is 69.3 Å². The van der Waals surface area contributed by atoms with Gasteiger partial charge in [0.25, 0.3) is 0 Å². The number of hydrogen-bond donors (Lipinski definition) is 0. The highest BCUT2D eigenvalue weighted by Gasteiger charge is 2.36. The fourth-order valence-corrected chi connectivity index (χ4v) is 4.56. The largest absolute Gasteiger partial charge is 0.193 e. The molecule has 1 aromatic rings. The van der Waals surface area contributed by atoms with Crippen molar-refractivity contribution in [2.24, 2.45) is 0 Å². The molecular weight excluding hydrogens is 437 g/mol. The van der Waals surface area contributed by atoms with Crippen LogP contribution in [0.15, 0.2) is 16.6 Å². The van der Waals surface area contributed by atoms with Gasteiger partial charge in [0.05, 0.1) is 0 Å². The lowest BCUT2D eigenvalue weighted by molar-refractivity contribution is 0.695. The predicted molar refractivity (Wildman–Crippen MR) is 91.6 cm³/mol. The summed E-state index contributed by atoms with van der Waals surface area (Å²) in [6.07, 6.45) is 1.21. The molecule has 19 heavy (non-hydrogen) atoms. The van der Waals surface area contributed by atoms with Crippen LogP contribution in [0.4, 0.5) is 0 Å². The number of alkyl halides is 5. The molecule has 0 aliphatic rings. The summed E-state index contributed by atoms with van der Waals surface area (Å²) in [6.45, 7) is 2.03. The Bertz CT molecular complexity index is 452. The summed E-state index contributed by atoms with van der Waals surface area (Å²) in [5, 5.41) is 0.656. The lowest BCUT2D eigenvalue weighted by Gasteiger charge is -2.25. The van der Waals surface area contributed by atoms with Crippen LogP contribution in [0.5, 0.6) is 0 Å². The van der Waals surface area contributed by atoms with E-state index in [2.05, 4.69) is 15.9 Å². The van der Waals surface area contributed by atoms with E-state index in [4.69, 9.17) is 69.6 Å². The second-order valence-electron chi connectivity index (χ2n) is 4.20. The van der Waals surface area contributed by atoms with Gasteiger partial charge in [-0.05, 0) is 29.7 Å². The third kappa shape index (κ3) is 6.38. The average molecular weight is 448 g/mol. The molecule has 0 heterocycles. The Balaban J connectivity index is 3.05. The Morgan fingerprint density at radius 1 is 1.11 bits per heavy atom. The van der Waals surface area contributed by atoms with Crippen LogP contribution in [0.3, 0.4) is 0 Å². The highest BCUT2D eigenvalue weighted by atomic mass is 79.9. The van der Waals surface area contributed by atoms with Crippen molar-refractivity contribution in [1.82, 2.24) is 0 Å². The standard InChI is InChI=1S/C12H11BrCl6/c1-2-7-3-8(14)4-10(13)9(7)5-11(15,16)6-12(17,18)19/h3-4H,2,5-6H2,1H3. The summed E-state index contributed by atoms with van der Waals surface area (Å²) >= 11 is 39.3. The molecule has 0 aromatic heterocycles. The zero-order chi connectivity index (χ0) is 14.8. The molecule has 0 aliphatic heterocycles. The van der Waals surface area contributed by atoms with Crippen LogP contribution in [0.1, 0.15) is 24.5 Å². The molecular formula is C12H11BrCl6. The van der Waals surface area contributed by atoms with E-state index < -0.39 is 8.13 Å². The molecule has 0 unspecified atom stereocenters. The van der Waals surface area contributed by atoms with Crippen molar-refractivity contribution < 1.29 is 0 Å². The van der Waals surface area contributed by atoms with E-state index in [1.807, 2.05) is 13.0 Å². The molecule has 0 radical (unpaired) electrons. The van der Waals surface area contributed by atoms with Gasteiger partial charge in [0.2, 0.25) is 0 Å². The number of aryl methyl sites for hydroxylation is 1. The molecule has 108 valence electrons. The summed E-state index contributed by atoms with van der Waals surface area (Å²) in [7, 11) is 0. The van der Waals surface area contributed by atoms with Crippen molar-refractivity contribution in [3.63, 3.8) is 0 Å². The molecule has 0 atom stereocenters. The molecule has 0 aliphatic carbocycles. The molecule has 0 spiro atoms. The lowest BCUT2D eigenvalue weighted by Crippen LogP contribution is -2.24. The van der Waals surface area contributed by atoms with Gasteiger partial charge < -0.3 is 0 Å². The molecule has 0 bridgehead atoms. The van der Waals surface area contributed by atoms with Gasteiger partial charge in [-0.15, -0.1) is 23.2 Å². The fraction of sp³-hybridized carbons (Fsp3) is 0.500. The smallest absolute Gasteiger partial charge is 0.101 e. The van der Waals surface area contributed by atoms with Crippen molar-refractivity contribution in [1.29, 1.82) is 0 Å². The lowest BCUT2D eigenvalue weighted by atomic mass is 10.00. The number of benzene rings is 1. The molecule has 0 fully saturated rings. The molecule has 0 amide bonds. The normalized spacial score (nSPS) is 12.8. The van der Waals surface area contributed by atoms with Crippen LogP contribution in [0.2, 0.25) is 5.02 Å². The molecule has 7 heteroatoms. The van der Waals surface area contributed by atoms with Crippen molar-refractivity contribution in [3.8, 4) is 0 Å². The Morgan fingerprint density at radius 3 is 2.16 bits per heavy atom. The Morgan fingerprint density at radius 2 is 1.68 bits per heavy atom. The predicted octanol–water partition coefficient (Wildman–Crippen LogP) is 7.14. The average Bonchev–Trinajstić information content (AvgIpc) is 2.17. The van der Waals surface area contributed by atoms with Gasteiger partial charge in [0.15, 0.2) is 3.79 Å². The van der Waals surface area contributed by atoms with E-state index >= 15 is 0 Å². The Labute approximate surface area is 151 Å². The first kappa shape index (κ1) is 18.5. The summed E-state index contributed by atoms with van der Waals surface area (Å²) in [6, 6.07) is 3.69. The van der Waals surface area contributed by atoms with E-state index in [0.29, 0.717) is 11.4 Å². The third-order valence-electron chi connectivity index (χ3n) is 2.53. The van der Waals surface area contributed by atoms with Crippen molar-refractivity contribution in [3.05, 3.63) is 32.8 Å². The number of rotatable bonds is 4. The van der Waals surface area contributed by atoms with Crippen LogP contribution >= 0.6 is 85.5 Å². The fourth-order valence-electron chi connectivity index (χ4n) is 1.78. The van der Waals surface area contributed by atoms with Crippen molar-refractivity contribution >= 4 is 85.5 Å². The van der Waals surface area contributed by atoms with Gasteiger partial charge in [-0.3, -0.25) is 0 Å². The molecule has 0 nitrogen and oxygen atoms in total. The Hall–Kier alpha value is 1.44. The van der Waals surface area contributed by atoms with Gasteiger partial charge in [-0.25, -0.2) is 0 Å². The van der Waals surface area contributed by atoms with E-state index in [9.17, 15) is 0 Å². The first-order chi connectivity index (χ1) is 8.54. The third-order valence-corrected chi connectivity index (χ3v) is 4.39. The van der Waals surface area contributed by atoms with Gasteiger partial charge in [0.1, 0.15) is 4.33 Å². The topological polar surface area (TPSA) is 0 Å². The quantitative estimate of drug-likeness (QED) is 0.430. The number of hydrogen-bond acceptors (Lipinski definition) is 0. The van der Waals surface area contributed by atoms with Crippen LogP contribution < -0.4 is 0 Å². The monoisotopic (exact) mass is 444 g/mol. The van der Waals surface area contributed by atoms with E-state index in [1.54, 1.807) is 6.07 Å². The van der Waals surface area contributed by atoms with Gasteiger partial charge in [-0.2, -0.15) is 0 Å². The van der Waals surface area contributed by atoms with E-state index in [1.165, 1.54) is 0 Å². The summed E-state index contributed by atoms with van der Waals surface area (Å²) in [5.74, 6) is 0. The molecule has 1 rings (SSSR count). The van der Waals surface area contributed by atoms with Crippen LogP contribution in [-0.4, -0.2) is 8.13 Å². The minimum absolute atomic E-state index is 0.0337. The minimum Gasteiger partial charge on any atom is -0.101 e. The minimum atomic E-state index is -1.49. The maximum atomic E-state index is 6.25. The van der Waals surface area contributed by atoms with Crippen LogP contribution in [-0.2, 0) is 12.8 Å². The zero-order valence-electron chi connectivity index (χ0n) is 9.92. The maximum Gasteiger partial charge on any atom is 0.193 e. The summed E-state index contributed by atoms with van der Waals surface area (Å²) in [5.41, 5.74) is 2.04. The van der Waals surface area contributed by atoms with Crippen molar-refractivity contribution in [2.75, 3.05) is 0 Å². The summed E-state index contributed by atoms with van der Waals surface area (Å²) in [4.78, 5) is 0. The van der Waals surface area contributed by atoms with Gasteiger partial charge >= 0.3 is 0 Å². The van der Waals surface area contributed by atoms with Crippen LogP contribution in [0.25, 0.3) is 0 Å². The highest BCUT2D eigenvalue weighted by Crippen LogP contribution is 2.43. The van der Waals surface area contributed by atoms with E-state index in [0.717, 1.165) is 22.0 Å². The first-order valence-electron chi connectivity index (χ1n) is 5.45. The van der Waals surface area contributed by atoms with E-state index in [-0.39, 0.29) is 6.42 Å². The molecule has 0 N–H and O–H groups in total. The SMILES string of the molecule is CCc1cc(Cl)cc(Br)c1CC(Cl)(Cl)CC(Cl)(Cl)Cl. The second kappa shape index (κ2) is 7.13. The number of halogens is 7. The van der Waals surface area contributed by atoms with Gasteiger partial charge in [0, 0.05) is 22.3 Å². The van der Waals surface area contributed by atoms with Crippen LogP contribution in [0, 0.1) is 0 Å². The first-order valence-corrected chi connectivity index (χ1v) is 8.51. The second-order valence-corrected chi connectivity index (χ2v) is 9.65. The molecule has 0 saturated heterocycles. The van der Waals surface area contributed by atoms with Crippen molar-refractivity contribution in [2.45, 2.75) is 34.3 Å². The molecule has 1 aromatic carbocycles.